The molecule has 3 amide bonds. The third-order valence-corrected chi connectivity index (χ3v) is 4.22. The number of carbonyl (C=O) groups is 3. The lowest BCUT2D eigenvalue weighted by Crippen LogP contribution is -2.33. The summed E-state index contributed by atoms with van der Waals surface area (Å²) >= 11 is 11.7. The first-order valence-corrected chi connectivity index (χ1v) is 8.96. The van der Waals surface area contributed by atoms with Crippen LogP contribution >= 0.6 is 23.2 Å². The van der Waals surface area contributed by atoms with Crippen LogP contribution in [0.15, 0.2) is 47.6 Å². The fraction of sp³-hybridized carbons (Fsp3) is 0.158. The quantitative estimate of drug-likeness (QED) is 0.389. The highest BCUT2D eigenvalue weighted by molar-refractivity contribution is 6.42. The molecule has 3 N–H and O–H groups in total. The molecule has 7 nitrogen and oxygen atoms in total. The Labute approximate surface area is 172 Å². The van der Waals surface area contributed by atoms with Crippen LogP contribution in [0.5, 0.6) is 0 Å². The summed E-state index contributed by atoms with van der Waals surface area (Å²) in [5, 5.41) is 9.54. The number of carbonyl (C=O) groups excluding carboxylic acids is 3. The van der Waals surface area contributed by atoms with Gasteiger partial charge in [-0.15, -0.1) is 0 Å². The van der Waals surface area contributed by atoms with E-state index in [1.54, 1.807) is 31.2 Å². The summed E-state index contributed by atoms with van der Waals surface area (Å²) in [4.78, 5) is 35.7. The van der Waals surface area contributed by atoms with Crippen molar-refractivity contribution in [2.45, 2.75) is 20.3 Å². The highest BCUT2D eigenvalue weighted by Crippen LogP contribution is 2.25. The molecule has 146 valence electrons. The number of aryl methyl sites for hydroxylation is 1. The van der Waals surface area contributed by atoms with Crippen molar-refractivity contribution < 1.29 is 14.4 Å². The molecule has 0 fully saturated rings. The number of anilines is 2. The van der Waals surface area contributed by atoms with Gasteiger partial charge >= 0.3 is 11.8 Å². The van der Waals surface area contributed by atoms with Crippen LogP contribution in [0.2, 0.25) is 10.0 Å². The summed E-state index contributed by atoms with van der Waals surface area (Å²) in [5.41, 5.74) is 4.43. The molecular weight excluding hydrogens is 403 g/mol. The van der Waals surface area contributed by atoms with Gasteiger partial charge in [-0.3, -0.25) is 14.4 Å². The maximum atomic E-state index is 12.0. The number of nitrogens with one attached hydrogen (secondary N) is 3. The number of halogens is 2. The normalized spacial score (nSPS) is 10.9. The molecule has 2 aromatic rings. The van der Waals surface area contributed by atoms with Crippen LogP contribution in [0.4, 0.5) is 11.4 Å². The largest absolute Gasteiger partial charge is 0.329 e. The first kappa shape index (κ1) is 21.4. The zero-order valence-electron chi connectivity index (χ0n) is 15.2. The third kappa shape index (κ3) is 6.68. The maximum Gasteiger partial charge on any atom is 0.329 e. The zero-order valence-corrected chi connectivity index (χ0v) is 16.7. The van der Waals surface area contributed by atoms with Gasteiger partial charge in [0, 0.05) is 17.1 Å². The fourth-order valence-electron chi connectivity index (χ4n) is 2.07. The van der Waals surface area contributed by atoms with Crippen molar-refractivity contribution >= 4 is 58.0 Å². The van der Waals surface area contributed by atoms with Crippen molar-refractivity contribution in [3.8, 4) is 0 Å². The molecule has 0 radical (unpaired) electrons. The minimum atomic E-state index is -0.940. The van der Waals surface area contributed by atoms with Crippen molar-refractivity contribution in [3.05, 3.63) is 58.1 Å². The maximum absolute atomic E-state index is 12.0. The Balaban J connectivity index is 1.84. The van der Waals surface area contributed by atoms with E-state index in [2.05, 4.69) is 21.2 Å². The van der Waals surface area contributed by atoms with E-state index in [0.717, 1.165) is 5.56 Å². The molecule has 0 aromatic heterocycles. The molecule has 0 unspecified atom stereocenters. The minimum absolute atomic E-state index is 0.0832. The molecule has 9 heteroatoms. The highest BCUT2D eigenvalue weighted by atomic mass is 35.5. The molecule has 0 aliphatic rings. The second-order valence-electron chi connectivity index (χ2n) is 5.96. The lowest BCUT2D eigenvalue weighted by Gasteiger charge is -2.07. The van der Waals surface area contributed by atoms with Crippen LogP contribution in [-0.2, 0) is 14.4 Å². The van der Waals surface area contributed by atoms with Gasteiger partial charge in [-0.2, -0.15) is 5.10 Å². The molecule has 2 rings (SSSR count). The van der Waals surface area contributed by atoms with Gasteiger partial charge in [0.2, 0.25) is 5.91 Å². The van der Waals surface area contributed by atoms with Crippen LogP contribution < -0.4 is 16.1 Å². The standard InChI is InChI=1S/C19H18Cl2N4O3/c1-11-3-5-13(6-4-11)23-18(27)19(28)25-24-12(2)9-17(26)22-14-7-8-15(20)16(21)10-14/h3-8,10H,9H2,1-2H3,(H,22,26)(H,23,27)(H,25,28)/b24-12-. The smallest absolute Gasteiger partial charge is 0.326 e. The van der Waals surface area contributed by atoms with Gasteiger partial charge in [0.25, 0.3) is 0 Å². The molecule has 0 saturated carbocycles. The number of hydrazone groups is 1. The summed E-state index contributed by atoms with van der Waals surface area (Å²) in [5.74, 6) is -2.16. The first-order valence-electron chi connectivity index (χ1n) is 8.20. The number of rotatable bonds is 5. The van der Waals surface area contributed by atoms with Gasteiger partial charge in [-0.25, -0.2) is 5.43 Å². The van der Waals surface area contributed by atoms with Crippen molar-refractivity contribution in [3.63, 3.8) is 0 Å². The van der Waals surface area contributed by atoms with Crippen molar-refractivity contribution in [1.82, 2.24) is 5.43 Å². The van der Waals surface area contributed by atoms with Gasteiger partial charge in [0.15, 0.2) is 0 Å². The van der Waals surface area contributed by atoms with Gasteiger partial charge in [-0.05, 0) is 44.2 Å². The Kier molecular flexibility index (Phi) is 7.54. The second-order valence-corrected chi connectivity index (χ2v) is 6.78. The van der Waals surface area contributed by atoms with Crippen molar-refractivity contribution in [2.24, 2.45) is 5.10 Å². The molecular formula is C19H18Cl2N4O3. The Morgan fingerprint density at radius 1 is 0.893 bits per heavy atom. The lowest BCUT2D eigenvalue weighted by molar-refractivity contribution is -0.136. The minimum Gasteiger partial charge on any atom is -0.326 e. The van der Waals surface area contributed by atoms with E-state index in [4.69, 9.17) is 23.2 Å². The van der Waals surface area contributed by atoms with Crippen LogP contribution in [0.25, 0.3) is 0 Å². The Morgan fingerprint density at radius 2 is 1.54 bits per heavy atom. The molecule has 0 bridgehead atoms. The fourth-order valence-corrected chi connectivity index (χ4v) is 2.37. The molecule has 0 spiro atoms. The average Bonchev–Trinajstić information content (AvgIpc) is 2.64. The zero-order chi connectivity index (χ0) is 20.7. The Morgan fingerprint density at radius 3 is 2.18 bits per heavy atom. The van der Waals surface area contributed by atoms with E-state index in [1.807, 2.05) is 19.1 Å². The van der Waals surface area contributed by atoms with E-state index in [-0.39, 0.29) is 12.3 Å². The Hall–Kier alpha value is -2.90. The highest BCUT2D eigenvalue weighted by Gasteiger charge is 2.13. The third-order valence-electron chi connectivity index (χ3n) is 3.48. The van der Waals surface area contributed by atoms with Crippen LogP contribution in [-0.4, -0.2) is 23.4 Å². The second kappa shape index (κ2) is 9.87. The van der Waals surface area contributed by atoms with Gasteiger partial charge in [-0.1, -0.05) is 40.9 Å². The van der Waals surface area contributed by atoms with E-state index in [1.165, 1.54) is 6.07 Å². The van der Waals surface area contributed by atoms with Gasteiger partial charge < -0.3 is 10.6 Å². The first-order chi connectivity index (χ1) is 13.2. The molecule has 0 aliphatic heterocycles. The molecule has 0 atom stereocenters. The number of hydrogen-bond donors (Lipinski definition) is 3. The van der Waals surface area contributed by atoms with Crippen molar-refractivity contribution in [2.75, 3.05) is 10.6 Å². The topological polar surface area (TPSA) is 99.7 Å². The molecule has 0 aliphatic carbocycles. The van der Waals surface area contributed by atoms with Crippen molar-refractivity contribution in [1.29, 1.82) is 0 Å². The summed E-state index contributed by atoms with van der Waals surface area (Å²) in [6, 6.07) is 11.7. The van der Waals surface area contributed by atoms with E-state index in [0.29, 0.717) is 27.1 Å². The van der Waals surface area contributed by atoms with E-state index in [9.17, 15) is 14.4 Å². The summed E-state index contributed by atoms with van der Waals surface area (Å²) < 4.78 is 0. The number of nitrogens with zero attached hydrogens (tertiary/aromatic N) is 1. The molecule has 0 saturated heterocycles. The predicted molar refractivity (Wildman–Crippen MR) is 111 cm³/mol. The molecule has 2 aromatic carbocycles. The van der Waals surface area contributed by atoms with Gasteiger partial charge in [0.05, 0.1) is 16.5 Å². The average molecular weight is 421 g/mol. The van der Waals surface area contributed by atoms with Crippen LogP contribution in [0, 0.1) is 6.92 Å². The van der Waals surface area contributed by atoms with Crippen LogP contribution in [0.3, 0.4) is 0 Å². The van der Waals surface area contributed by atoms with E-state index >= 15 is 0 Å². The SMILES string of the molecule is C/C(CC(=O)Nc1ccc(Cl)c(Cl)c1)=N/NC(=O)C(=O)Nc1ccc(C)cc1. The summed E-state index contributed by atoms with van der Waals surface area (Å²) in [6.45, 7) is 3.46. The predicted octanol–water partition coefficient (Wildman–Crippen LogP) is 3.76. The molecule has 28 heavy (non-hydrogen) atoms. The monoisotopic (exact) mass is 420 g/mol. The lowest BCUT2D eigenvalue weighted by atomic mass is 10.2. The summed E-state index contributed by atoms with van der Waals surface area (Å²) in [6.07, 6.45) is -0.0832. The Bertz CT molecular complexity index is 927. The number of hydrogen-bond acceptors (Lipinski definition) is 4. The molecule has 0 heterocycles. The number of amides is 3. The summed E-state index contributed by atoms with van der Waals surface area (Å²) in [7, 11) is 0. The van der Waals surface area contributed by atoms with E-state index < -0.39 is 11.8 Å². The number of benzene rings is 2. The van der Waals surface area contributed by atoms with Gasteiger partial charge in [0.1, 0.15) is 0 Å². The van der Waals surface area contributed by atoms with Crippen LogP contribution in [0.1, 0.15) is 18.9 Å².